The van der Waals surface area contributed by atoms with E-state index in [1.165, 1.54) is 36.4 Å². The molecule has 3 rings (SSSR count). The van der Waals surface area contributed by atoms with Crippen molar-refractivity contribution in [2.75, 3.05) is 0 Å². The number of hydrogen-bond acceptors (Lipinski definition) is 4. The van der Waals surface area contributed by atoms with Gasteiger partial charge in [0.2, 0.25) is 0 Å². The number of benzene rings is 2. The summed E-state index contributed by atoms with van der Waals surface area (Å²) in [7, 11) is 0. The highest BCUT2D eigenvalue weighted by Gasteiger charge is 2.21. The molecule has 0 aliphatic heterocycles. The van der Waals surface area contributed by atoms with Crippen molar-refractivity contribution >= 4 is 17.4 Å². The molecule has 0 bridgehead atoms. The van der Waals surface area contributed by atoms with E-state index >= 15 is 0 Å². The number of ketones is 1. The van der Waals surface area contributed by atoms with E-state index in [9.17, 15) is 23.5 Å². The van der Waals surface area contributed by atoms with Crippen LogP contribution in [0, 0.1) is 17.6 Å². The van der Waals surface area contributed by atoms with Crippen LogP contribution in [-0.2, 0) is 0 Å². The quantitative estimate of drug-likeness (QED) is 0.585. The lowest BCUT2D eigenvalue weighted by Crippen LogP contribution is -2.29. The van der Waals surface area contributed by atoms with Crippen molar-refractivity contribution in [1.82, 2.24) is 9.78 Å². The van der Waals surface area contributed by atoms with Crippen molar-refractivity contribution < 1.29 is 18.7 Å². The molecule has 0 spiro atoms. The fraction of sp³-hybridized carbons (Fsp3) is 0.227. The Labute approximate surface area is 176 Å². The number of hydrogen-bond donors (Lipinski definition) is 1. The zero-order valence-electron chi connectivity index (χ0n) is 16.3. The Morgan fingerprint density at radius 3 is 2.53 bits per heavy atom. The highest BCUT2D eigenvalue weighted by Crippen LogP contribution is 2.24. The molecule has 1 N–H and O–H groups in total. The average molecular weight is 433 g/mol. The van der Waals surface area contributed by atoms with E-state index in [1.807, 2.05) is 0 Å². The Morgan fingerprint density at radius 2 is 1.90 bits per heavy atom. The molecule has 3 aromatic rings. The lowest BCUT2D eigenvalue weighted by Gasteiger charge is -2.15. The maximum atomic E-state index is 14.0. The fourth-order valence-corrected chi connectivity index (χ4v) is 2.96. The van der Waals surface area contributed by atoms with Crippen LogP contribution >= 0.6 is 11.6 Å². The van der Waals surface area contributed by atoms with E-state index in [1.54, 1.807) is 13.8 Å². The summed E-state index contributed by atoms with van der Waals surface area (Å²) in [5.74, 6) is -2.16. The number of rotatable bonds is 6. The van der Waals surface area contributed by atoms with Crippen LogP contribution in [0.3, 0.4) is 0 Å². The Kier molecular flexibility index (Phi) is 6.43. The van der Waals surface area contributed by atoms with Gasteiger partial charge in [-0.3, -0.25) is 9.59 Å². The predicted molar refractivity (Wildman–Crippen MR) is 110 cm³/mol. The van der Waals surface area contributed by atoms with Gasteiger partial charge in [0.15, 0.2) is 5.78 Å². The monoisotopic (exact) mass is 432 g/mol. The molecule has 5 nitrogen and oxygen atoms in total. The summed E-state index contributed by atoms with van der Waals surface area (Å²) in [4.78, 5) is 25.8. The van der Waals surface area contributed by atoms with Crippen molar-refractivity contribution in [2.45, 2.75) is 26.4 Å². The normalized spacial score (nSPS) is 13.1. The zero-order valence-corrected chi connectivity index (χ0v) is 17.0. The molecule has 156 valence electrons. The van der Waals surface area contributed by atoms with Crippen molar-refractivity contribution in [3.8, 4) is 16.9 Å². The van der Waals surface area contributed by atoms with Crippen LogP contribution in [0.1, 0.15) is 30.6 Å². The number of carbonyl (C=O) groups is 1. The van der Waals surface area contributed by atoms with Crippen LogP contribution in [0.15, 0.2) is 53.3 Å². The van der Waals surface area contributed by atoms with Gasteiger partial charge in [-0.2, -0.15) is 9.78 Å². The maximum Gasteiger partial charge on any atom is 0.282 e. The van der Waals surface area contributed by atoms with Gasteiger partial charge in [0.1, 0.15) is 11.6 Å². The minimum absolute atomic E-state index is 0.0749. The Balaban J connectivity index is 2.20. The number of nitrogens with zero attached hydrogens (tertiary/aromatic N) is 2. The number of Topliss-reactive ketones (excluding diaryl/α,β-unsaturated/α-hetero) is 1. The molecule has 0 radical (unpaired) electrons. The van der Waals surface area contributed by atoms with Crippen molar-refractivity contribution in [3.63, 3.8) is 0 Å². The largest absolute Gasteiger partial charge is 0.393 e. The summed E-state index contributed by atoms with van der Waals surface area (Å²) in [6, 6.07) is 10.4. The molecular weight excluding hydrogens is 414 g/mol. The molecule has 2 atom stereocenters. The van der Waals surface area contributed by atoms with Gasteiger partial charge < -0.3 is 5.11 Å². The zero-order chi connectivity index (χ0) is 22.0. The second-order valence-electron chi connectivity index (χ2n) is 7.11. The molecule has 8 heteroatoms. The molecule has 1 aromatic heterocycles. The van der Waals surface area contributed by atoms with Crippen LogP contribution in [0.25, 0.3) is 16.9 Å². The molecule has 0 aliphatic rings. The number of aliphatic hydroxyl groups excluding tert-OH is 1. The van der Waals surface area contributed by atoms with Crippen molar-refractivity contribution in [1.29, 1.82) is 0 Å². The van der Waals surface area contributed by atoms with E-state index in [0.29, 0.717) is 5.56 Å². The summed E-state index contributed by atoms with van der Waals surface area (Å²) in [6.45, 7) is 3.24. The summed E-state index contributed by atoms with van der Waals surface area (Å²) in [5, 5.41) is 13.8. The number of aromatic nitrogens is 2. The first kappa shape index (κ1) is 21.8. The minimum atomic E-state index is -0.744. The molecule has 2 aromatic carbocycles. The summed E-state index contributed by atoms with van der Waals surface area (Å²) in [6.07, 6.45) is -0.819. The van der Waals surface area contributed by atoms with Gasteiger partial charge in [-0.1, -0.05) is 30.7 Å². The van der Waals surface area contributed by atoms with Gasteiger partial charge in [-0.15, -0.1) is 0 Å². The molecule has 1 heterocycles. The summed E-state index contributed by atoms with van der Waals surface area (Å²) < 4.78 is 28.6. The lowest BCUT2D eigenvalue weighted by molar-refractivity contribution is 0.0867. The van der Waals surface area contributed by atoms with Gasteiger partial charge in [0, 0.05) is 12.0 Å². The minimum Gasteiger partial charge on any atom is -0.393 e. The summed E-state index contributed by atoms with van der Waals surface area (Å²) in [5.41, 5.74) is -0.371. The molecule has 0 saturated heterocycles. The topological polar surface area (TPSA) is 72.2 Å². The smallest absolute Gasteiger partial charge is 0.282 e. The lowest BCUT2D eigenvalue weighted by atomic mass is 9.96. The van der Waals surface area contributed by atoms with Crippen LogP contribution < -0.4 is 5.56 Å². The van der Waals surface area contributed by atoms with Crippen LogP contribution in [0.4, 0.5) is 8.78 Å². The third-order valence-corrected chi connectivity index (χ3v) is 5.12. The van der Waals surface area contributed by atoms with Gasteiger partial charge >= 0.3 is 0 Å². The molecule has 0 aliphatic carbocycles. The first-order valence-corrected chi connectivity index (χ1v) is 9.62. The van der Waals surface area contributed by atoms with E-state index in [0.717, 1.165) is 16.8 Å². The standard InChI is InChI=1S/C22H19ClF2N2O3/c1-12(13(2)28)8-21(29)17-11-20(14-6-7-18(23)19(25)9-14)26-27(22(17)30)16-5-3-4-15(24)10-16/h3-7,9-13,28H,8H2,1-2H3. The Hall–Kier alpha value is -2.90. The molecule has 0 amide bonds. The summed E-state index contributed by atoms with van der Waals surface area (Å²) >= 11 is 5.74. The van der Waals surface area contributed by atoms with Crippen LogP contribution in [-0.4, -0.2) is 26.8 Å². The number of aliphatic hydroxyl groups is 1. The van der Waals surface area contributed by atoms with Gasteiger partial charge in [-0.05, 0) is 49.2 Å². The second-order valence-corrected chi connectivity index (χ2v) is 7.52. The van der Waals surface area contributed by atoms with Crippen LogP contribution in [0.2, 0.25) is 5.02 Å². The Bertz CT molecular complexity index is 1160. The Morgan fingerprint density at radius 1 is 1.17 bits per heavy atom. The van der Waals surface area contributed by atoms with Gasteiger partial charge in [0.05, 0.1) is 28.1 Å². The fourth-order valence-electron chi connectivity index (χ4n) is 2.85. The first-order valence-electron chi connectivity index (χ1n) is 9.24. The average Bonchev–Trinajstić information content (AvgIpc) is 2.70. The van der Waals surface area contributed by atoms with Gasteiger partial charge in [0.25, 0.3) is 5.56 Å². The number of halogens is 3. The molecular formula is C22H19ClF2N2O3. The molecule has 0 fully saturated rings. The molecule has 2 unspecified atom stereocenters. The second kappa shape index (κ2) is 8.85. The third-order valence-electron chi connectivity index (χ3n) is 4.81. The predicted octanol–water partition coefficient (Wildman–Crippen LogP) is 4.42. The highest BCUT2D eigenvalue weighted by molar-refractivity contribution is 6.30. The van der Waals surface area contributed by atoms with E-state index in [2.05, 4.69) is 5.10 Å². The molecule has 0 saturated carbocycles. The van der Waals surface area contributed by atoms with Crippen molar-refractivity contribution in [2.24, 2.45) is 5.92 Å². The molecule has 30 heavy (non-hydrogen) atoms. The highest BCUT2D eigenvalue weighted by atomic mass is 35.5. The number of carbonyl (C=O) groups excluding carboxylic acids is 1. The first-order chi connectivity index (χ1) is 14.2. The van der Waals surface area contributed by atoms with Gasteiger partial charge in [-0.25, -0.2) is 8.78 Å². The maximum absolute atomic E-state index is 14.0. The third kappa shape index (κ3) is 4.63. The van der Waals surface area contributed by atoms with Crippen LogP contribution in [0.5, 0.6) is 0 Å². The van der Waals surface area contributed by atoms with E-state index in [4.69, 9.17) is 11.6 Å². The van der Waals surface area contributed by atoms with E-state index in [-0.39, 0.29) is 34.3 Å². The SMILES string of the molecule is CC(O)C(C)CC(=O)c1cc(-c2ccc(Cl)c(F)c2)nn(-c2cccc(F)c2)c1=O. The van der Waals surface area contributed by atoms with Crippen molar-refractivity contribution in [3.05, 3.63) is 81.1 Å². The van der Waals surface area contributed by atoms with E-state index < -0.39 is 29.1 Å².